The highest BCUT2D eigenvalue weighted by Gasteiger charge is 2.11. The molecule has 3 nitrogen and oxygen atoms in total. The molecule has 112 valence electrons. The molecule has 0 saturated heterocycles. The number of amides is 1. The zero-order chi connectivity index (χ0) is 15.4. The third-order valence-corrected chi connectivity index (χ3v) is 5.47. The summed E-state index contributed by atoms with van der Waals surface area (Å²) in [7, 11) is 0. The number of rotatable bonds is 5. The number of thioether (sulfide) groups is 1. The second kappa shape index (κ2) is 7.09. The molecule has 1 aromatic carbocycles. The van der Waals surface area contributed by atoms with Crippen molar-refractivity contribution in [1.29, 1.82) is 0 Å². The second-order valence-electron chi connectivity index (χ2n) is 5.18. The number of carbonyl (C=O) groups excluding carboxylic acids is 1. The Balaban J connectivity index is 1.88. The van der Waals surface area contributed by atoms with Crippen LogP contribution in [-0.2, 0) is 4.79 Å². The summed E-state index contributed by atoms with van der Waals surface area (Å²) in [5.74, 6) is 0.445. The molecular weight excluding hydrogens is 300 g/mol. The first-order chi connectivity index (χ1) is 9.95. The van der Waals surface area contributed by atoms with Gasteiger partial charge in [-0.25, -0.2) is 4.98 Å². The van der Waals surface area contributed by atoms with Crippen molar-refractivity contribution >= 4 is 29.0 Å². The summed E-state index contributed by atoms with van der Waals surface area (Å²) in [4.78, 5) is 16.3. The molecule has 0 fully saturated rings. The van der Waals surface area contributed by atoms with Crippen molar-refractivity contribution < 1.29 is 4.79 Å². The van der Waals surface area contributed by atoms with Crippen molar-refractivity contribution in [2.75, 3.05) is 5.75 Å². The fourth-order valence-electron chi connectivity index (χ4n) is 1.93. The molecule has 2 rings (SSSR count). The summed E-state index contributed by atoms with van der Waals surface area (Å²) >= 11 is 3.07. The molecule has 1 amide bonds. The zero-order valence-electron chi connectivity index (χ0n) is 12.8. The van der Waals surface area contributed by atoms with Gasteiger partial charge in [0.15, 0.2) is 4.34 Å². The molecule has 0 aliphatic heterocycles. The van der Waals surface area contributed by atoms with E-state index in [9.17, 15) is 4.79 Å². The van der Waals surface area contributed by atoms with E-state index in [-0.39, 0.29) is 11.9 Å². The van der Waals surface area contributed by atoms with Gasteiger partial charge in [-0.15, -0.1) is 11.3 Å². The van der Waals surface area contributed by atoms with E-state index in [1.165, 1.54) is 22.9 Å². The number of aryl methyl sites for hydroxylation is 3. The number of thiazole rings is 1. The van der Waals surface area contributed by atoms with Crippen molar-refractivity contribution in [3.8, 4) is 0 Å². The molecule has 0 aliphatic carbocycles. The van der Waals surface area contributed by atoms with Gasteiger partial charge in [0.25, 0.3) is 0 Å². The lowest BCUT2D eigenvalue weighted by Gasteiger charge is -2.15. The van der Waals surface area contributed by atoms with E-state index >= 15 is 0 Å². The normalized spacial score (nSPS) is 12.2. The molecule has 0 aliphatic rings. The van der Waals surface area contributed by atoms with Crippen LogP contribution in [0.2, 0.25) is 0 Å². The topological polar surface area (TPSA) is 42.0 Å². The van der Waals surface area contributed by atoms with Gasteiger partial charge < -0.3 is 5.32 Å². The molecule has 1 heterocycles. The van der Waals surface area contributed by atoms with E-state index in [0.29, 0.717) is 5.75 Å². The summed E-state index contributed by atoms with van der Waals surface area (Å²) in [5, 5.41) is 5.03. The van der Waals surface area contributed by atoms with Crippen LogP contribution in [0.25, 0.3) is 0 Å². The Morgan fingerprint density at radius 3 is 2.71 bits per heavy atom. The zero-order valence-corrected chi connectivity index (χ0v) is 14.4. The lowest BCUT2D eigenvalue weighted by atomic mass is 10.0. The van der Waals surface area contributed by atoms with Gasteiger partial charge in [-0.2, -0.15) is 0 Å². The van der Waals surface area contributed by atoms with Gasteiger partial charge in [0.05, 0.1) is 11.8 Å². The number of aromatic nitrogens is 1. The van der Waals surface area contributed by atoms with Crippen LogP contribution in [-0.4, -0.2) is 16.6 Å². The van der Waals surface area contributed by atoms with E-state index in [1.807, 2.05) is 19.2 Å². The van der Waals surface area contributed by atoms with Crippen molar-refractivity contribution in [1.82, 2.24) is 10.3 Å². The molecule has 0 bridgehead atoms. The number of benzene rings is 1. The molecule has 1 aromatic heterocycles. The molecule has 21 heavy (non-hydrogen) atoms. The quantitative estimate of drug-likeness (QED) is 0.846. The molecule has 0 spiro atoms. The van der Waals surface area contributed by atoms with Gasteiger partial charge in [0, 0.05) is 11.1 Å². The number of hydrogen-bond acceptors (Lipinski definition) is 4. The third-order valence-electron chi connectivity index (χ3n) is 3.33. The van der Waals surface area contributed by atoms with Crippen LogP contribution >= 0.6 is 23.1 Å². The van der Waals surface area contributed by atoms with Gasteiger partial charge in [0.1, 0.15) is 0 Å². The first-order valence-corrected chi connectivity index (χ1v) is 8.73. The third kappa shape index (κ3) is 4.58. The molecule has 2 aromatic rings. The molecule has 1 N–H and O–H groups in total. The highest BCUT2D eigenvalue weighted by molar-refractivity contribution is 8.01. The minimum Gasteiger partial charge on any atom is -0.349 e. The first kappa shape index (κ1) is 16.0. The van der Waals surface area contributed by atoms with Crippen molar-refractivity contribution in [3.05, 3.63) is 46.0 Å². The largest absolute Gasteiger partial charge is 0.349 e. The van der Waals surface area contributed by atoms with Crippen molar-refractivity contribution in [2.45, 2.75) is 38.1 Å². The maximum atomic E-state index is 12.0. The Morgan fingerprint density at radius 2 is 2.10 bits per heavy atom. The van der Waals surface area contributed by atoms with Crippen LogP contribution in [0.4, 0.5) is 0 Å². The van der Waals surface area contributed by atoms with Gasteiger partial charge in [-0.05, 0) is 44.4 Å². The fraction of sp³-hybridized carbons (Fsp3) is 0.375. The van der Waals surface area contributed by atoms with Crippen LogP contribution in [0.15, 0.2) is 27.9 Å². The molecule has 0 saturated carbocycles. The standard InChI is InChI=1S/C16H20N2OS2/c1-10-5-6-14(7-11(10)2)13(4)18-15(19)9-21-16-17-12(3)8-20-16/h5-8,13H,9H2,1-4H3,(H,18,19)/t13-/m1/s1. The predicted octanol–water partition coefficient (Wildman–Crippen LogP) is 4.04. The van der Waals surface area contributed by atoms with E-state index in [4.69, 9.17) is 0 Å². The average Bonchev–Trinajstić information content (AvgIpc) is 2.85. The van der Waals surface area contributed by atoms with Gasteiger partial charge in [-0.3, -0.25) is 4.79 Å². The smallest absolute Gasteiger partial charge is 0.230 e. The predicted molar refractivity (Wildman–Crippen MR) is 90.0 cm³/mol. The van der Waals surface area contributed by atoms with Crippen LogP contribution in [0.3, 0.4) is 0 Å². The summed E-state index contributed by atoms with van der Waals surface area (Å²) in [5.41, 5.74) is 4.67. The minimum atomic E-state index is 0.0235. The molecule has 0 unspecified atom stereocenters. The number of nitrogens with one attached hydrogen (secondary N) is 1. The van der Waals surface area contributed by atoms with Crippen LogP contribution in [0.5, 0.6) is 0 Å². The minimum absolute atomic E-state index is 0.0235. The van der Waals surface area contributed by atoms with Gasteiger partial charge in [0.2, 0.25) is 5.91 Å². The van der Waals surface area contributed by atoms with E-state index in [0.717, 1.165) is 15.6 Å². The Morgan fingerprint density at radius 1 is 1.33 bits per heavy atom. The summed E-state index contributed by atoms with van der Waals surface area (Å²) < 4.78 is 0.946. The second-order valence-corrected chi connectivity index (χ2v) is 7.26. The highest BCUT2D eigenvalue weighted by atomic mass is 32.2. The molecular formula is C16H20N2OS2. The van der Waals surface area contributed by atoms with Gasteiger partial charge in [-0.1, -0.05) is 30.0 Å². The Labute approximate surface area is 134 Å². The summed E-state index contributed by atoms with van der Waals surface area (Å²) in [6, 6.07) is 6.33. The lowest BCUT2D eigenvalue weighted by Crippen LogP contribution is -2.28. The monoisotopic (exact) mass is 320 g/mol. The molecule has 5 heteroatoms. The SMILES string of the molecule is Cc1csc(SCC(=O)N[C@H](C)c2ccc(C)c(C)c2)n1. The van der Waals surface area contributed by atoms with E-state index in [2.05, 4.69) is 42.3 Å². The van der Waals surface area contributed by atoms with Crippen LogP contribution < -0.4 is 5.32 Å². The Bertz CT molecular complexity index is 637. The summed E-state index contributed by atoms with van der Waals surface area (Å²) in [6.07, 6.45) is 0. The lowest BCUT2D eigenvalue weighted by molar-refractivity contribution is -0.119. The molecule has 0 radical (unpaired) electrons. The van der Waals surface area contributed by atoms with E-state index in [1.54, 1.807) is 11.3 Å². The van der Waals surface area contributed by atoms with Gasteiger partial charge >= 0.3 is 0 Å². The maximum Gasteiger partial charge on any atom is 0.230 e. The fourth-order valence-corrected chi connectivity index (χ4v) is 3.59. The first-order valence-electron chi connectivity index (χ1n) is 6.87. The number of hydrogen-bond donors (Lipinski definition) is 1. The van der Waals surface area contributed by atoms with E-state index < -0.39 is 0 Å². The number of nitrogens with zero attached hydrogens (tertiary/aromatic N) is 1. The number of carbonyl (C=O) groups is 1. The Hall–Kier alpha value is -1.33. The highest BCUT2D eigenvalue weighted by Crippen LogP contribution is 2.22. The van der Waals surface area contributed by atoms with Crippen LogP contribution in [0, 0.1) is 20.8 Å². The summed E-state index contributed by atoms with van der Waals surface area (Å²) in [6.45, 7) is 8.16. The average molecular weight is 320 g/mol. The van der Waals surface area contributed by atoms with Crippen molar-refractivity contribution in [3.63, 3.8) is 0 Å². The molecule has 1 atom stereocenters. The van der Waals surface area contributed by atoms with Crippen LogP contribution in [0.1, 0.15) is 35.3 Å². The maximum absolute atomic E-state index is 12.0. The van der Waals surface area contributed by atoms with Crippen molar-refractivity contribution in [2.24, 2.45) is 0 Å². The Kier molecular flexibility index (Phi) is 5.42.